The van der Waals surface area contributed by atoms with Crippen molar-refractivity contribution in [1.82, 2.24) is 0 Å². The molecule has 0 unspecified atom stereocenters. The van der Waals surface area contributed by atoms with Gasteiger partial charge in [-0.1, -0.05) is 32.9 Å². The first-order chi connectivity index (χ1) is 18.1. The van der Waals surface area contributed by atoms with E-state index in [0.717, 1.165) is 0 Å². The first-order valence-corrected chi connectivity index (χ1v) is 13.3. The summed E-state index contributed by atoms with van der Waals surface area (Å²) in [4.78, 5) is 40.1. The number of Topliss-reactive ketones (excluding diaryl/α,β-unsaturated/α-hetero) is 1. The van der Waals surface area contributed by atoms with Crippen LogP contribution < -0.4 is 4.74 Å². The number of fused-ring (bicyclic) bond motifs is 3. The Balaban J connectivity index is 1.65. The molecular weight excluding hydrogens is 488 g/mol. The second kappa shape index (κ2) is 9.82. The third-order valence-corrected chi connectivity index (χ3v) is 8.72. The number of hydrogen-bond donors (Lipinski definition) is 2. The smallest absolute Gasteiger partial charge is 0.202 e. The zero-order valence-electron chi connectivity index (χ0n) is 22.4. The third-order valence-electron chi connectivity index (χ3n) is 8.72. The quantitative estimate of drug-likeness (QED) is 0.455. The predicted octanol–water partition coefficient (Wildman–Crippen LogP) is 4.89. The summed E-state index contributed by atoms with van der Waals surface area (Å²) < 4.78 is 17.9. The molecule has 2 N–H and O–H groups in total. The van der Waals surface area contributed by atoms with Crippen molar-refractivity contribution in [2.45, 2.75) is 71.9 Å². The van der Waals surface area contributed by atoms with Crippen LogP contribution in [0.1, 0.15) is 96.0 Å². The minimum Gasteiger partial charge on any atom is -0.507 e. The Morgan fingerprint density at radius 3 is 2.39 bits per heavy atom. The predicted molar refractivity (Wildman–Crippen MR) is 138 cm³/mol. The Morgan fingerprint density at radius 2 is 1.74 bits per heavy atom. The molecule has 1 saturated heterocycles. The van der Waals surface area contributed by atoms with Gasteiger partial charge in [-0.3, -0.25) is 14.4 Å². The van der Waals surface area contributed by atoms with Crippen LogP contribution in [0.2, 0.25) is 0 Å². The first-order valence-electron chi connectivity index (χ1n) is 13.3. The molecule has 1 heterocycles. The van der Waals surface area contributed by atoms with E-state index >= 15 is 0 Å². The number of ketones is 3. The van der Waals surface area contributed by atoms with E-state index in [0.29, 0.717) is 24.7 Å². The number of benzene rings is 2. The molecule has 1 aliphatic heterocycles. The summed E-state index contributed by atoms with van der Waals surface area (Å²) in [5.74, 6) is -1.59. The summed E-state index contributed by atoms with van der Waals surface area (Å²) in [6.45, 7) is 8.03. The zero-order chi connectivity index (χ0) is 27.5. The summed E-state index contributed by atoms with van der Waals surface area (Å²) in [6, 6.07) is 4.66. The van der Waals surface area contributed by atoms with Crippen molar-refractivity contribution in [2.24, 2.45) is 17.8 Å². The van der Waals surface area contributed by atoms with Crippen LogP contribution in [-0.4, -0.2) is 47.1 Å². The Kier molecular flexibility index (Phi) is 6.82. The summed E-state index contributed by atoms with van der Waals surface area (Å²) >= 11 is 0. The van der Waals surface area contributed by atoms with Gasteiger partial charge in [-0.15, -0.1) is 0 Å². The lowest BCUT2D eigenvalue weighted by Gasteiger charge is -2.41. The van der Waals surface area contributed by atoms with Gasteiger partial charge in [0, 0.05) is 35.4 Å². The molecule has 2 aromatic carbocycles. The fourth-order valence-electron chi connectivity index (χ4n) is 6.21. The second-order valence-electron chi connectivity index (χ2n) is 10.8. The average Bonchev–Trinajstić information content (AvgIpc) is 2.90. The molecule has 0 amide bonds. The average molecular weight is 523 g/mol. The number of carbonyl (C=O) groups excluding carboxylic acids is 3. The monoisotopic (exact) mass is 522 g/mol. The van der Waals surface area contributed by atoms with Crippen LogP contribution in [0, 0.1) is 17.8 Å². The highest BCUT2D eigenvalue weighted by atomic mass is 16.7. The van der Waals surface area contributed by atoms with Gasteiger partial charge in [0.05, 0.1) is 36.0 Å². The zero-order valence-corrected chi connectivity index (χ0v) is 22.4. The molecule has 8 nitrogen and oxygen atoms in total. The number of rotatable bonds is 5. The number of phenols is 2. The van der Waals surface area contributed by atoms with E-state index in [1.54, 1.807) is 19.1 Å². The molecule has 3 aliphatic rings. The Hall–Kier alpha value is -3.23. The molecule has 0 radical (unpaired) electrons. The minimum absolute atomic E-state index is 0.00161. The third kappa shape index (κ3) is 4.01. The van der Waals surface area contributed by atoms with Crippen LogP contribution >= 0.6 is 0 Å². The number of carbonyl (C=O) groups is 3. The Labute approximate surface area is 221 Å². The molecule has 5 rings (SSSR count). The summed E-state index contributed by atoms with van der Waals surface area (Å²) in [7, 11) is 1.40. The van der Waals surface area contributed by atoms with Crippen molar-refractivity contribution in [3.05, 3.63) is 51.6 Å². The normalized spacial score (nSPS) is 28.3. The molecule has 0 bridgehead atoms. The van der Waals surface area contributed by atoms with Crippen LogP contribution in [0.25, 0.3) is 0 Å². The van der Waals surface area contributed by atoms with Gasteiger partial charge < -0.3 is 24.4 Å². The molecule has 2 aromatic rings. The molecular formula is C30H34O8. The van der Waals surface area contributed by atoms with E-state index in [1.807, 2.05) is 6.92 Å². The van der Waals surface area contributed by atoms with Gasteiger partial charge in [-0.2, -0.15) is 0 Å². The topological polar surface area (TPSA) is 119 Å². The van der Waals surface area contributed by atoms with Crippen molar-refractivity contribution in [3.63, 3.8) is 0 Å². The Bertz CT molecular complexity index is 1320. The van der Waals surface area contributed by atoms with Gasteiger partial charge in [0.1, 0.15) is 23.0 Å². The molecule has 202 valence electrons. The SMILES string of the molecule is CCC(=O)[C@@H]1Cc2c(O)c3c(c(O)c2[C@@H](O[C@H]2C[C@H](C)[C@H](C)[C@H](C)O2)C1)C(=O)c1c(OC)cccc1C3=O. The van der Waals surface area contributed by atoms with Crippen molar-refractivity contribution >= 4 is 17.3 Å². The molecule has 38 heavy (non-hydrogen) atoms. The standard InChI is InChI=1S/C30H34O8/c1-6-19(31)16-11-18-24(21(12-16)38-22-10-13(2)14(3)15(4)37-22)30(35)26-25(28(18)33)27(32)17-8-7-9-20(36-5)23(17)29(26)34/h7-9,13-16,21-22,33,35H,6,10-12H2,1-5H3/t13-,14-,15-,16+,21-,22-/m0/s1. The summed E-state index contributed by atoms with van der Waals surface area (Å²) in [5.41, 5.74) is 0.124. The van der Waals surface area contributed by atoms with Crippen molar-refractivity contribution in [3.8, 4) is 17.2 Å². The van der Waals surface area contributed by atoms with Crippen molar-refractivity contribution in [1.29, 1.82) is 0 Å². The lowest BCUT2D eigenvalue weighted by atomic mass is 9.73. The molecule has 1 fully saturated rings. The number of phenolic OH excluding ortho intramolecular Hbond substituents is 2. The van der Waals surface area contributed by atoms with Gasteiger partial charge in [-0.25, -0.2) is 0 Å². The number of hydrogen-bond acceptors (Lipinski definition) is 8. The molecule has 8 heteroatoms. The highest BCUT2D eigenvalue weighted by Crippen LogP contribution is 2.52. The molecule has 0 saturated carbocycles. The van der Waals surface area contributed by atoms with E-state index in [4.69, 9.17) is 14.2 Å². The molecule has 2 aliphatic carbocycles. The lowest BCUT2D eigenvalue weighted by Crippen LogP contribution is -2.40. The number of ether oxygens (including phenoxy) is 3. The minimum atomic E-state index is -0.810. The fraction of sp³-hybridized carbons (Fsp3) is 0.500. The maximum absolute atomic E-state index is 13.7. The lowest BCUT2D eigenvalue weighted by molar-refractivity contribution is -0.239. The first kappa shape index (κ1) is 26.4. The van der Waals surface area contributed by atoms with Crippen molar-refractivity contribution in [2.75, 3.05) is 7.11 Å². The van der Waals surface area contributed by atoms with Crippen LogP contribution in [0.5, 0.6) is 17.2 Å². The van der Waals surface area contributed by atoms with Crippen LogP contribution in [-0.2, 0) is 20.7 Å². The largest absolute Gasteiger partial charge is 0.507 e. The number of methoxy groups -OCH3 is 1. The fourth-order valence-corrected chi connectivity index (χ4v) is 6.21. The maximum atomic E-state index is 13.7. The van der Waals surface area contributed by atoms with Gasteiger partial charge in [-0.05, 0) is 37.7 Å². The van der Waals surface area contributed by atoms with Crippen LogP contribution in [0.4, 0.5) is 0 Å². The maximum Gasteiger partial charge on any atom is 0.202 e. The van der Waals surface area contributed by atoms with E-state index in [9.17, 15) is 24.6 Å². The van der Waals surface area contributed by atoms with Gasteiger partial charge in [0.15, 0.2) is 12.1 Å². The van der Waals surface area contributed by atoms with Crippen LogP contribution in [0.3, 0.4) is 0 Å². The molecule has 0 spiro atoms. The van der Waals surface area contributed by atoms with E-state index in [1.165, 1.54) is 13.2 Å². The molecule has 0 aromatic heterocycles. The van der Waals surface area contributed by atoms with Crippen molar-refractivity contribution < 1.29 is 38.8 Å². The van der Waals surface area contributed by atoms with Gasteiger partial charge in [0.25, 0.3) is 0 Å². The number of aromatic hydroxyl groups is 2. The van der Waals surface area contributed by atoms with E-state index in [-0.39, 0.29) is 69.6 Å². The van der Waals surface area contributed by atoms with Gasteiger partial charge >= 0.3 is 0 Å². The van der Waals surface area contributed by atoms with Crippen LogP contribution in [0.15, 0.2) is 18.2 Å². The highest BCUT2D eigenvalue weighted by Gasteiger charge is 2.44. The summed E-state index contributed by atoms with van der Waals surface area (Å²) in [5, 5.41) is 23.0. The molecule has 6 atom stereocenters. The Morgan fingerprint density at radius 1 is 1.03 bits per heavy atom. The van der Waals surface area contributed by atoms with Gasteiger partial charge in [0.2, 0.25) is 5.78 Å². The van der Waals surface area contributed by atoms with E-state index in [2.05, 4.69) is 13.8 Å². The highest BCUT2D eigenvalue weighted by molar-refractivity contribution is 6.31. The second-order valence-corrected chi connectivity index (χ2v) is 10.8. The summed E-state index contributed by atoms with van der Waals surface area (Å²) in [6.07, 6.45) is -0.101. The van der Waals surface area contributed by atoms with E-state index < -0.39 is 35.6 Å².